The minimum absolute atomic E-state index is 0.0895. The second-order valence-electron chi connectivity index (χ2n) is 3.42. The number of nitrogens with zero attached hydrogens (tertiary/aromatic N) is 2. The predicted octanol–water partition coefficient (Wildman–Crippen LogP) is 0.396. The van der Waals surface area contributed by atoms with Crippen LogP contribution < -0.4 is 5.56 Å². The molecule has 1 aromatic rings. The molecule has 2 heterocycles. The highest BCUT2D eigenvalue weighted by molar-refractivity contribution is 4.80. The molecule has 82 valence electrons. The summed E-state index contributed by atoms with van der Waals surface area (Å²) < 4.78 is 12.4. The van der Waals surface area contributed by atoms with Crippen molar-refractivity contribution in [2.24, 2.45) is 0 Å². The highest BCUT2D eigenvalue weighted by Crippen LogP contribution is 2.08. The Morgan fingerprint density at radius 3 is 3.00 bits per heavy atom. The number of aromatic nitrogens is 2. The average molecular weight is 210 g/mol. The zero-order chi connectivity index (χ0) is 10.5. The Kier molecular flexibility index (Phi) is 3.47. The first-order valence-electron chi connectivity index (χ1n) is 5.10. The lowest BCUT2D eigenvalue weighted by molar-refractivity contribution is -0.182. The third-order valence-corrected chi connectivity index (χ3v) is 2.30. The van der Waals surface area contributed by atoms with Crippen molar-refractivity contribution in [1.82, 2.24) is 9.55 Å². The molecular weight excluding hydrogens is 196 g/mol. The number of rotatable bonds is 3. The quantitative estimate of drug-likeness (QED) is 0.724. The van der Waals surface area contributed by atoms with Crippen LogP contribution in [-0.4, -0.2) is 29.1 Å². The van der Waals surface area contributed by atoms with Gasteiger partial charge in [-0.15, -0.1) is 0 Å². The van der Waals surface area contributed by atoms with Gasteiger partial charge in [0, 0.05) is 25.4 Å². The molecule has 5 heteroatoms. The Morgan fingerprint density at radius 1 is 1.47 bits per heavy atom. The monoisotopic (exact) mass is 210 g/mol. The molecule has 0 unspecified atom stereocenters. The minimum Gasteiger partial charge on any atom is -0.353 e. The van der Waals surface area contributed by atoms with Crippen molar-refractivity contribution in [1.29, 1.82) is 0 Å². The van der Waals surface area contributed by atoms with E-state index in [0.717, 1.165) is 19.6 Å². The van der Waals surface area contributed by atoms with E-state index in [4.69, 9.17) is 9.47 Å². The van der Waals surface area contributed by atoms with Gasteiger partial charge < -0.3 is 14.0 Å². The van der Waals surface area contributed by atoms with E-state index in [2.05, 4.69) is 4.98 Å². The van der Waals surface area contributed by atoms with Gasteiger partial charge in [-0.1, -0.05) is 0 Å². The van der Waals surface area contributed by atoms with Crippen LogP contribution in [0.3, 0.4) is 0 Å². The van der Waals surface area contributed by atoms with Gasteiger partial charge >= 0.3 is 0 Å². The molecule has 15 heavy (non-hydrogen) atoms. The molecule has 0 bridgehead atoms. The molecule has 1 aliphatic heterocycles. The predicted molar refractivity (Wildman–Crippen MR) is 53.4 cm³/mol. The summed E-state index contributed by atoms with van der Waals surface area (Å²) in [5, 5.41) is 0. The first-order valence-corrected chi connectivity index (χ1v) is 5.10. The van der Waals surface area contributed by atoms with Crippen molar-refractivity contribution >= 4 is 0 Å². The third kappa shape index (κ3) is 2.87. The smallest absolute Gasteiger partial charge is 0.268 e. The Balaban J connectivity index is 1.87. The molecule has 1 saturated heterocycles. The molecule has 5 nitrogen and oxygen atoms in total. The summed E-state index contributed by atoms with van der Waals surface area (Å²) in [5.41, 5.74) is -0.0895. The fourth-order valence-electron chi connectivity index (χ4n) is 1.51. The number of aryl methyl sites for hydroxylation is 1. The van der Waals surface area contributed by atoms with Crippen LogP contribution in [0.1, 0.15) is 12.8 Å². The van der Waals surface area contributed by atoms with Gasteiger partial charge in [-0.3, -0.25) is 9.78 Å². The van der Waals surface area contributed by atoms with E-state index in [1.807, 2.05) is 0 Å². The van der Waals surface area contributed by atoms with E-state index in [-0.39, 0.29) is 11.8 Å². The van der Waals surface area contributed by atoms with Crippen LogP contribution in [0.25, 0.3) is 0 Å². The molecule has 0 amide bonds. The molecule has 0 spiro atoms. The van der Waals surface area contributed by atoms with Crippen molar-refractivity contribution in [3.8, 4) is 0 Å². The van der Waals surface area contributed by atoms with E-state index >= 15 is 0 Å². The van der Waals surface area contributed by atoms with Crippen molar-refractivity contribution < 1.29 is 9.47 Å². The van der Waals surface area contributed by atoms with Crippen LogP contribution in [0, 0.1) is 0 Å². The summed E-state index contributed by atoms with van der Waals surface area (Å²) >= 11 is 0. The molecule has 1 aliphatic rings. The van der Waals surface area contributed by atoms with E-state index in [1.54, 1.807) is 17.0 Å². The van der Waals surface area contributed by atoms with E-state index < -0.39 is 0 Å². The Labute approximate surface area is 87.7 Å². The van der Waals surface area contributed by atoms with Crippen molar-refractivity contribution in [2.45, 2.75) is 25.7 Å². The molecule has 1 aromatic heterocycles. The first kappa shape index (κ1) is 10.3. The fourth-order valence-corrected chi connectivity index (χ4v) is 1.51. The van der Waals surface area contributed by atoms with Gasteiger partial charge in [0.15, 0.2) is 6.29 Å². The van der Waals surface area contributed by atoms with Gasteiger partial charge in [0.05, 0.1) is 19.4 Å². The van der Waals surface area contributed by atoms with Gasteiger partial charge in [0.1, 0.15) is 0 Å². The molecular formula is C10H14N2O3. The molecule has 0 saturated carbocycles. The SMILES string of the molecule is O=c1cnccn1CCC1OCCCO1. The maximum Gasteiger partial charge on any atom is 0.268 e. The van der Waals surface area contributed by atoms with Crippen LogP contribution in [0.5, 0.6) is 0 Å². The lowest BCUT2D eigenvalue weighted by Crippen LogP contribution is -2.28. The minimum atomic E-state index is -0.168. The zero-order valence-corrected chi connectivity index (χ0v) is 8.46. The summed E-state index contributed by atoms with van der Waals surface area (Å²) in [5.74, 6) is 0. The van der Waals surface area contributed by atoms with E-state index in [1.165, 1.54) is 6.20 Å². The molecule has 0 N–H and O–H groups in total. The number of hydrogen-bond donors (Lipinski definition) is 0. The Hall–Kier alpha value is -1.20. The summed E-state index contributed by atoms with van der Waals surface area (Å²) in [6, 6.07) is 0. The second-order valence-corrected chi connectivity index (χ2v) is 3.42. The molecule has 1 fully saturated rings. The molecule has 0 radical (unpaired) electrons. The first-order chi connectivity index (χ1) is 7.36. The molecule has 0 aromatic carbocycles. The fraction of sp³-hybridized carbons (Fsp3) is 0.600. The summed E-state index contributed by atoms with van der Waals surface area (Å²) in [6.07, 6.45) is 6.06. The Morgan fingerprint density at radius 2 is 2.27 bits per heavy atom. The maximum absolute atomic E-state index is 11.3. The summed E-state index contributed by atoms with van der Waals surface area (Å²) in [7, 11) is 0. The lowest BCUT2D eigenvalue weighted by atomic mass is 10.3. The summed E-state index contributed by atoms with van der Waals surface area (Å²) in [4.78, 5) is 15.1. The van der Waals surface area contributed by atoms with Crippen LogP contribution in [0.2, 0.25) is 0 Å². The maximum atomic E-state index is 11.3. The van der Waals surface area contributed by atoms with Gasteiger partial charge in [-0.25, -0.2) is 0 Å². The highest BCUT2D eigenvalue weighted by Gasteiger charge is 2.13. The number of ether oxygens (including phenoxy) is 2. The summed E-state index contributed by atoms with van der Waals surface area (Å²) in [6.45, 7) is 2.10. The highest BCUT2D eigenvalue weighted by atomic mass is 16.7. The van der Waals surface area contributed by atoms with E-state index in [9.17, 15) is 4.79 Å². The topological polar surface area (TPSA) is 53.4 Å². The standard InChI is InChI=1S/C10H14N2O3/c13-9-8-11-3-5-12(9)4-2-10-14-6-1-7-15-10/h3,5,8,10H,1-2,4,6-7H2. The second kappa shape index (κ2) is 5.04. The third-order valence-electron chi connectivity index (χ3n) is 2.30. The van der Waals surface area contributed by atoms with Crippen LogP contribution in [-0.2, 0) is 16.0 Å². The van der Waals surface area contributed by atoms with Crippen LogP contribution in [0.4, 0.5) is 0 Å². The van der Waals surface area contributed by atoms with Gasteiger partial charge in [0.25, 0.3) is 5.56 Å². The molecule has 2 rings (SSSR count). The van der Waals surface area contributed by atoms with Gasteiger partial charge in [-0.05, 0) is 6.42 Å². The van der Waals surface area contributed by atoms with Gasteiger partial charge in [-0.2, -0.15) is 0 Å². The largest absolute Gasteiger partial charge is 0.353 e. The number of hydrogen-bond acceptors (Lipinski definition) is 4. The van der Waals surface area contributed by atoms with Crippen molar-refractivity contribution in [2.75, 3.05) is 13.2 Å². The zero-order valence-electron chi connectivity index (χ0n) is 8.46. The normalized spacial score (nSPS) is 17.9. The Bertz CT molecular complexity index is 358. The van der Waals surface area contributed by atoms with Crippen molar-refractivity contribution in [3.63, 3.8) is 0 Å². The van der Waals surface area contributed by atoms with Gasteiger partial charge in [0.2, 0.25) is 0 Å². The molecule has 0 aliphatic carbocycles. The van der Waals surface area contributed by atoms with Crippen LogP contribution >= 0.6 is 0 Å². The molecule has 0 atom stereocenters. The van der Waals surface area contributed by atoms with Crippen LogP contribution in [0.15, 0.2) is 23.4 Å². The lowest BCUT2D eigenvalue weighted by Gasteiger charge is -2.23. The average Bonchev–Trinajstić information content (AvgIpc) is 2.29. The van der Waals surface area contributed by atoms with Crippen molar-refractivity contribution in [3.05, 3.63) is 28.9 Å². The van der Waals surface area contributed by atoms with E-state index in [0.29, 0.717) is 13.0 Å².